The van der Waals surface area contributed by atoms with E-state index in [2.05, 4.69) is 0 Å². The Hall–Kier alpha value is -1.19. The standard InChI is InChI=1S/C11H14F3N/c1-8(2)15(11(12,13)14)10-7-5-4-6-9(10)3/h4-8H,1-3H3. The van der Waals surface area contributed by atoms with Crippen LogP contribution in [0.15, 0.2) is 24.3 Å². The number of halogens is 3. The summed E-state index contributed by atoms with van der Waals surface area (Å²) in [5.41, 5.74) is 0.850. The summed E-state index contributed by atoms with van der Waals surface area (Å²) >= 11 is 0. The number of anilines is 1. The SMILES string of the molecule is Cc1ccccc1N(C(C)C)C(F)(F)F. The summed E-state index contributed by atoms with van der Waals surface area (Å²) in [6.07, 6.45) is -4.33. The monoisotopic (exact) mass is 217 g/mol. The van der Waals surface area contributed by atoms with Gasteiger partial charge in [0.1, 0.15) is 0 Å². The summed E-state index contributed by atoms with van der Waals surface area (Å²) < 4.78 is 38.3. The molecule has 4 heteroatoms. The van der Waals surface area contributed by atoms with Gasteiger partial charge in [-0.2, -0.15) is 13.2 Å². The predicted molar refractivity (Wildman–Crippen MR) is 54.8 cm³/mol. The molecule has 0 aliphatic rings. The lowest BCUT2D eigenvalue weighted by atomic mass is 10.1. The molecule has 0 saturated heterocycles. The van der Waals surface area contributed by atoms with Gasteiger partial charge in [0.05, 0.1) is 0 Å². The minimum Gasteiger partial charge on any atom is -0.281 e. The zero-order valence-corrected chi connectivity index (χ0v) is 8.97. The molecule has 1 rings (SSSR count). The molecule has 15 heavy (non-hydrogen) atoms. The average molecular weight is 217 g/mol. The van der Waals surface area contributed by atoms with Crippen molar-refractivity contribution in [2.24, 2.45) is 0 Å². The van der Waals surface area contributed by atoms with Crippen molar-refractivity contribution in [2.45, 2.75) is 33.1 Å². The quantitative estimate of drug-likeness (QED) is 0.682. The summed E-state index contributed by atoms with van der Waals surface area (Å²) in [6, 6.07) is 5.90. The topological polar surface area (TPSA) is 3.24 Å². The van der Waals surface area contributed by atoms with Crippen molar-refractivity contribution in [2.75, 3.05) is 4.90 Å². The van der Waals surface area contributed by atoms with Crippen LogP contribution in [0.3, 0.4) is 0 Å². The maximum absolute atomic E-state index is 12.8. The molecule has 0 bridgehead atoms. The van der Waals surface area contributed by atoms with Gasteiger partial charge in [0, 0.05) is 11.7 Å². The first-order valence-corrected chi connectivity index (χ1v) is 4.75. The highest BCUT2D eigenvalue weighted by Gasteiger charge is 2.39. The molecule has 0 amide bonds. The van der Waals surface area contributed by atoms with E-state index in [4.69, 9.17) is 0 Å². The highest BCUT2D eigenvalue weighted by molar-refractivity contribution is 5.54. The van der Waals surface area contributed by atoms with Gasteiger partial charge in [0.2, 0.25) is 0 Å². The lowest BCUT2D eigenvalue weighted by Gasteiger charge is -2.31. The van der Waals surface area contributed by atoms with Crippen LogP contribution in [0.25, 0.3) is 0 Å². The molecule has 0 aromatic heterocycles. The second kappa shape index (κ2) is 4.13. The van der Waals surface area contributed by atoms with Crippen LogP contribution in [0.1, 0.15) is 19.4 Å². The number of aryl methyl sites for hydroxylation is 1. The normalized spacial score (nSPS) is 11.9. The molecule has 0 aliphatic heterocycles. The van der Waals surface area contributed by atoms with Gasteiger partial charge in [-0.3, -0.25) is 4.90 Å². The Balaban J connectivity index is 3.17. The molecule has 1 nitrogen and oxygen atoms in total. The number of hydrogen-bond acceptors (Lipinski definition) is 1. The largest absolute Gasteiger partial charge is 0.485 e. The first-order valence-electron chi connectivity index (χ1n) is 4.75. The van der Waals surface area contributed by atoms with Gasteiger partial charge in [-0.05, 0) is 32.4 Å². The fraction of sp³-hybridized carbons (Fsp3) is 0.455. The number of rotatable bonds is 2. The molecule has 0 spiro atoms. The summed E-state index contributed by atoms with van der Waals surface area (Å²) in [5.74, 6) is 0. The van der Waals surface area contributed by atoms with Crippen LogP contribution in [-0.2, 0) is 0 Å². The summed E-state index contributed by atoms with van der Waals surface area (Å²) in [5, 5.41) is 0. The minimum absolute atomic E-state index is 0.222. The Morgan fingerprint density at radius 2 is 1.67 bits per heavy atom. The zero-order chi connectivity index (χ0) is 11.6. The maximum atomic E-state index is 12.8. The van der Waals surface area contributed by atoms with E-state index in [1.165, 1.54) is 19.9 Å². The van der Waals surface area contributed by atoms with Gasteiger partial charge >= 0.3 is 6.30 Å². The Labute approximate surface area is 87.5 Å². The summed E-state index contributed by atoms with van der Waals surface area (Å²) in [7, 11) is 0. The van der Waals surface area contributed by atoms with Gasteiger partial charge in [-0.25, -0.2) is 0 Å². The van der Waals surface area contributed by atoms with Crippen molar-refractivity contribution >= 4 is 5.69 Å². The lowest BCUT2D eigenvalue weighted by molar-refractivity contribution is -0.133. The summed E-state index contributed by atoms with van der Waals surface area (Å²) in [4.78, 5) is 0.475. The molecular formula is C11H14F3N. The van der Waals surface area contributed by atoms with Gasteiger partial charge in [0.25, 0.3) is 0 Å². The van der Waals surface area contributed by atoms with Gasteiger partial charge in [-0.1, -0.05) is 18.2 Å². The van der Waals surface area contributed by atoms with Crippen LogP contribution in [0.5, 0.6) is 0 Å². The number of benzene rings is 1. The minimum atomic E-state index is -4.33. The van der Waals surface area contributed by atoms with Crippen molar-refractivity contribution in [1.29, 1.82) is 0 Å². The van der Waals surface area contributed by atoms with Gasteiger partial charge in [-0.15, -0.1) is 0 Å². The van der Waals surface area contributed by atoms with Gasteiger partial charge < -0.3 is 0 Å². The molecular weight excluding hydrogens is 203 g/mol. The van der Waals surface area contributed by atoms with E-state index in [0.29, 0.717) is 10.5 Å². The molecule has 0 heterocycles. The molecule has 0 fully saturated rings. The fourth-order valence-electron chi connectivity index (χ4n) is 1.54. The van der Waals surface area contributed by atoms with Crippen LogP contribution < -0.4 is 4.90 Å². The van der Waals surface area contributed by atoms with Crippen molar-refractivity contribution in [1.82, 2.24) is 0 Å². The fourth-order valence-corrected chi connectivity index (χ4v) is 1.54. The predicted octanol–water partition coefficient (Wildman–Crippen LogP) is 3.73. The van der Waals surface area contributed by atoms with E-state index in [1.54, 1.807) is 25.1 Å². The molecule has 0 N–H and O–H groups in total. The Kier molecular flexibility index (Phi) is 3.27. The number of alkyl halides is 3. The van der Waals surface area contributed by atoms with Crippen LogP contribution >= 0.6 is 0 Å². The van der Waals surface area contributed by atoms with Gasteiger partial charge in [0.15, 0.2) is 0 Å². The third-order valence-corrected chi connectivity index (χ3v) is 2.16. The Morgan fingerprint density at radius 3 is 2.07 bits per heavy atom. The molecule has 0 radical (unpaired) electrons. The van der Waals surface area contributed by atoms with Crippen LogP contribution in [0.2, 0.25) is 0 Å². The molecule has 0 saturated carbocycles. The van der Waals surface area contributed by atoms with E-state index in [-0.39, 0.29) is 5.69 Å². The van der Waals surface area contributed by atoms with E-state index in [1.807, 2.05) is 0 Å². The van der Waals surface area contributed by atoms with Crippen molar-refractivity contribution < 1.29 is 13.2 Å². The third kappa shape index (κ3) is 2.64. The second-order valence-corrected chi connectivity index (χ2v) is 3.72. The maximum Gasteiger partial charge on any atom is 0.485 e. The highest BCUT2D eigenvalue weighted by Crippen LogP contribution is 2.32. The first-order chi connectivity index (χ1) is 6.84. The average Bonchev–Trinajstić information content (AvgIpc) is 2.05. The van der Waals surface area contributed by atoms with Crippen LogP contribution in [0.4, 0.5) is 18.9 Å². The molecule has 0 unspecified atom stereocenters. The first kappa shape index (κ1) is 11.9. The number of nitrogens with zero attached hydrogens (tertiary/aromatic N) is 1. The smallest absolute Gasteiger partial charge is 0.281 e. The van der Waals surface area contributed by atoms with Crippen LogP contribution in [-0.4, -0.2) is 12.3 Å². The molecule has 84 valence electrons. The molecule has 0 aliphatic carbocycles. The number of hydrogen-bond donors (Lipinski definition) is 0. The number of para-hydroxylation sites is 1. The van der Waals surface area contributed by atoms with E-state index < -0.39 is 12.3 Å². The third-order valence-electron chi connectivity index (χ3n) is 2.16. The van der Waals surface area contributed by atoms with Crippen molar-refractivity contribution in [3.05, 3.63) is 29.8 Å². The second-order valence-electron chi connectivity index (χ2n) is 3.72. The Bertz CT molecular complexity index is 331. The van der Waals surface area contributed by atoms with Crippen LogP contribution in [0, 0.1) is 6.92 Å². The van der Waals surface area contributed by atoms with E-state index in [0.717, 1.165) is 0 Å². The van der Waals surface area contributed by atoms with Crippen molar-refractivity contribution in [3.63, 3.8) is 0 Å². The van der Waals surface area contributed by atoms with Crippen molar-refractivity contribution in [3.8, 4) is 0 Å². The molecule has 1 aromatic rings. The molecule has 0 atom stereocenters. The summed E-state index contributed by atoms with van der Waals surface area (Å²) in [6.45, 7) is 4.73. The highest BCUT2D eigenvalue weighted by atomic mass is 19.4. The zero-order valence-electron chi connectivity index (χ0n) is 8.97. The Morgan fingerprint density at radius 1 is 1.13 bits per heavy atom. The lowest BCUT2D eigenvalue weighted by Crippen LogP contribution is -2.43. The van der Waals surface area contributed by atoms with E-state index in [9.17, 15) is 13.2 Å². The molecule has 1 aromatic carbocycles. The van der Waals surface area contributed by atoms with E-state index >= 15 is 0 Å².